The van der Waals surface area contributed by atoms with Gasteiger partial charge in [0.2, 0.25) is 5.91 Å². The first-order valence-corrected chi connectivity index (χ1v) is 6.62. The van der Waals surface area contributed by atoms with E-state index < -0.39 is 6.17 Å². The molecule has 0 aliphatic carbocycles. The zero-order chi connectivity index (χ0) is 15.1. The van der Waals surface area contributed by atoms with Crippen molar-refractivity contribution < 1.29 is 9.59 Å². The number of hydrogen-bond donors (Lipinski definition) is 3. The quantitative estimate of drug-likeness (QED) is 0.741. The molecular weight excluding hydrogens is 268 g/mol. The van der Waals surface area contributed by atoms with Crippen LogP contribution in [0.2, 0.25) is 0 Å². The Morgan fingerprint density at radius 2 is 1.86 bits per heavy atom. The molecule has 1 aromatic carbocycles. The van der Waals surface area contributed by atoms with Gasteiger partial charge in [0.1, 0.15) is 0 Å². The van der Waals surface area contributed by atoms with Crippen LogP contribution in [0.3, 0.4) is 0 Å². The van der Waals surface area contributed by atoms with Gasteiger partial charge in [-0.2, -0.15) is 0 Å². The third-order valence-corrected chi connectivity index (χ3v) is 2.88. The first-order valence-electron chi connectivity index (χ1n) is 6.62. The number of rotatable bonds is 5. The number of nitrogens with zero attached hydrogens (tertiary/aromatic N) is 1. The summed E-state index contributed by atoms with van der Waals surface area (Å²) >= 11 is 0. The second-order valence-corrected chi connectivity index (χ2v) is 4.55. The highest BCUT2D eigenvalue weighted by molar-refractivity contribution is 5.86. The minimum atomic E-state index is -0.777. The average Bonchev–Trinajstić information content (AvgIpc) is 2.52. The van der Waals surface area contributed by atoms with Gasteiger partial charge in [0.25, 0.3) is 5.91 Å². The summed E-state index contributed by atoms with van der Waals surface area (Å²) in [5, 5.41) is 8.32. The van der Waals surface area contributed by atoms with Crippen LogP contribution in [0.5, 0.6) is 0 Å². The van der Waals surface area contributed by atoms with E-state index in [1.54, 1.807) is 29.7 Å². The summed E-state index contributed by atoms with van der Waals surface area (Å²) in [5.74, 6) is -0.541. The van der Waals surface area contributed by atoms with Crippen LogP contribution in [0.4, 0.5) is 0 Å². The van der Waals surface area contributed by atoms with Crippen LogP contribution >= 0.6 is 0 Å². The third kappa shape index (κ3) is 4.38. The summed E-state index contributed by atoms with van der Waals surface area (Å²) in [5.41, 5.74) is 0.999. The van der Waals surface area contributed by atoms with Gasteiger partial charge >= 0.3 is 0 Å². The van der Waals surface area contributed by atoms with Crippen LogP contribution in [0, 0.1) is 0 Å². The van der Waals surface area contributed by atoms with Crippen molar-refractivity contribution in [1.82, 2.24) is 20.9 Å². The Labute approximate surface area is 123 Å². The van der Waals surface area contributed by atoms with Crippen molar-refractivity contribution in [3.05, 3.63) is 60.7 Å². The van der Waals surface area contributed by atoms with Gasteiger partial charge in [0, 0.05) is 38.3 Å². The first-order chi connectivity index (χ1) is 10.2. The van der Waals surface area contributed by atoms with Crippen LogP contribution in [-0.2, 0) is 16.1 Å². The lowest BCUT2D eigenvalue weighted by Crippen LogP contribution is -2.53. The fourth-order valence-electron chi connectivity index (χ4n) is 1.89. The summed E-state index contributed by atoms with van der Waals surface area (Å²) in [6.45, 7) is 1.79. The SMILES string of the molecule is CC(=O)NC(C(=O)NCc1ccccc1)N1C=CNC=C1. The fraction of sp³-hybridized carbons (Fsp3) is 0.200. The molecule has 0 radical (unpaired) electrons. The van der Waals surface area contributed by atoms with Gasteiger partial charge in [-0.1, -0.05) is 30.3 Å². The van der Waals surface area contributed by atoms with Gasteiger partial charge in [-0.25, -0.2) is 0 Å². The number of amides is 2. The molecular formula is C15H18N4O2. The van der Waals surface area contributed by atoms with Crippen molar-refractivity contribution in [3.63, 3.8) is 0 Å². The Kier molecular flexibility index (Phi) is 4.98. The van der Waals surface area contributed by atoms with Crippen molar-refractivity contribution in [3.8, 4) is 0 Å². The Morgan fingerprint density at radius 1 is 1.19 bits per heavy atom. The molecule has 2 rings (SSSR count). The number of benzene rings is 1. The van der Waals surface area contributed by atoms with Crippen LogP contribution < -0.4 is 16.0 Å². The number of nitrogens with one attached hydrogen (secondary N) is 3. The molecule has 0 bridgehead atoms. The topological polar surface area (TPSA) is 73.5 Å². The molecule has 0 saturated heterocycles. The van der Waals surface area contributed by atoms with Crippen molar-refractivity contribution in [2.45, 2.75) is 19.6 Å². The Balaban J connectivity index is 2.00. The van der Waals surface area contributed by atoms with Gasteiger partial charge in [-0.05, 0) is 5.56 Å². The van der Waals surface area contributed by atoms with E-state index in [9.17, 15) is 9.59 Å². The summed E-state index contributed by atoms with van der Waals surface area (Å²) in [7, 11) is 0. The number of carbonyl (C=O) groups excluding carboxylic acids is 2. The summed E-state index contributed by atoms with van der Waals surface area (Å²) in [6, 6.07) is 9.60. The molecule has 0 saturated carbocycles. The van der Waals surface area contributed by atoms with Crippen LogP contribution in [0.1, 0.15) is 12.5 Å². The van der Waals surface area contributed by atoms with Crippen LogP contribution in [0.25, 0.3) is 0 Å². The standard InChI is InChI=1S/C15H18N4O2/c1-12(20)18-14(19-9-7-16-8-10-19)15(21)17-11-13-5-3-2-4-6-13/h2-10,14,16H,11H2,1H3,(H,17,21)(H,18,20). The maximum Gasteiger partial charge on any atom is 0.264 e. The fourth-order valence-corrected chi connectivity index (χ4v) is 1.89. The van der Waals surface area contributed by atoms with Crippen molar-refractivity contribution in [2.75, 3.05) is 0 Å². The Morgan fingerprint density at radius 3 is 2.48 bits per heavy atom. The van der Waals surface area contributed by atoms with E-state index in [2.05, 4.69) is 16.0 Å². The van der Waals surface area contributed by atoms with Crippen LogP contribution in [-0.4, -0.2) is 22.9 Å². The zero-order valence-corrected chi connectivity index (χ0v) is 11.7. The molecule has 0 fully saturated rings. The minimum Gasteiger partial charge on any atom is -0.365 e. The molecule has 6 nitrogen and oxygen atoms in total. The van der Waals surface area contributed by atoms with Crippen LogP contribution in [0.15, 0.2) is 55.1 Å². The normalized spacial score (nSPS) is 14.2. The molecule has 6 heteroatoms. The number of hydrogen-bond acceptors (Lipinski definition) is 4. The smallest absolute Gasteiger partial charge is 0.264 e. The molecule has 0 spiro atoms. The monoisotopic (exact) mass is 286 g/mol. The van der Waals surface area contributed by atoms with Gasteiger partial charge in [-0.15, -0.1) is 0 Å². The molecule has 0 aromatic heterocycles. The lowest BCUT2D eigenvalue weighted by Gasteiger charge is -2.28. The molecule has 3 N–H and O–H groups in total. The molecule has 1 aromatic rings. The van der Waals surface area contributed by atoms with E-state index in [0.717, 1.165) is 5.56 Å². The van der Waals surface area contributed by atoms with Crippen molar-refractivity contribution >= 4 is 11.8 Å². The first kappa shape index (κ1) is 14.6. The van der Waals surface area contributed by atoms with Gasteiger partial charge in [0.05, 0.1) is 0 Å². The van der Waals surface area contributed by atoms with Gasteiger partial charge in [0.15, 0.2) is 6.17 Å². The maximum atomic E-state index is 12.3. The lowest BCUT2D eigenvalue weighted by atomic mass is 10.2. The summed E-state index contributed by atoms with van der Waals surface area (Å²) in [4.78, 5) is 25.2. The van der Waals surface area contributed by atoms with E-state index in [1.807, 2.05) is 30.3 Å². The molecule has 2 amide bonds. The Hall–Kier alpha value is -2.76. The molecule has 1 aliphatic rings. The van der Waals surface area contributed by atoms with Crippen molar-refractivity contribution in [2.24, 2.45) is 0 Å². The highest BCUT2D eigenvalue weighted by atomic mass is 16.2. The largest absolute Gasteiger partial charge is 0.365 e. The Bertz CT molecular complexity index is 542. The highest BCUT2D eigenvalue weighted by Crippen LogP contribution is 2.04. The van der Waals surface area contributed by atoms with E-state index in [0.29, 0.717) is 6.54 Å². The summed E-state index contributed by atoms with van der Waals surface area (Å²) < 4.78 is 0. The predicted molar refractivity (Wildman–Crippen MR) is 79.1 cm³/mol. The average molecular weight is 286 g/mol. The lowest BCUT2D eigenvalue weighted by molar-refractivity contribution is -0.131. The van der Waals surface area contributed by atoms with Gasteiger partial charge in [-0.3, -0.25) is 9.59 Å². The molecule has 1 unspecified atom stereocenters. The molecule has 1 heterocycles. The zero-order valence-electron chi connectivity index (χ0n) is 11.7. The van der Waals surface area contributed by atoms with Crippen molar-refractivity contribution in [1.29, 1.82) is 0 Å². The van der Waals surface area contributed by atoms with Gasteiger partial charge < -0.3 is 20.9 Å². The maximum absolute atomic E-state index is 12.3. The molecule has 1 atom stereocenters. The van der Waals surface area contributed by atoms with E-state index in [1.165, 1.54) is 6.92 Å². The summed E-state index contributed by atoms with van der Waals surface area (Å²) in [6.07, 6.45) is 5.95. The second-order valence-electron chi connectivity index (χ2n) is 4.55. The molecule has 110 valence electrons. The molecule has 21 heavy (non-hydrogen) atoms. The predicted octanol–water partition coefficient (Wildman–Crippen LogP) is 0.613. The molecule has 1 aliphatic heterocycles. The second kappa shape index (κ2) is 7.14. The minimum absolute atomic E-state index is 0.268. The third-order valence-electron chi connectivity index (χ3n) is 2.88. The van der Waals surface area contributed by atoms with E-state index in [4.69, 9.17) is 0 Å². The number of carbonyl (C=O) groups is 2. The highest BCUT2D eigenvalue weighted by Gasteiger charge is 2.23. The van der Waals surface area contributed by atoms with E-state index in [-0.39, 0.29) is 11.8 Å². The van der Waals surface area contributed by atoms with E-state index >= 15 is 0 Å².